The second-order valence-corrected chi connectivity index (χ2v) is 7.94. The normalized spacial score (nSPS) is 13.1. The molecule has 1 N–H and O–H groups in total. The summed E-state index contributed by atoms with van der Waals surface area (Å²) < 4.78 is 19.6. The summed E-state index contributed by atoms with van der Waals surface area (Å²) >= 11 is 0. The topological polar surface area (TPSA) is 62.6 Å². The van der Waals surface area contributed by atoms with Crippen molar-refractivity contribution >= 4 is 11.8 Å². The van der Waals surface area contributed by atoms with E-state index in [1.165, 1.54) is 6.07 Å². The van der Waals surface area contributed by atoms with E-state index in [2.05, 4.69) is 5.32 Å². The highest BCUT2D eigenvalue weighted by Crippen LogP contribution is 2.25. The molecule has 31 heavy (non-hydrogen) atoms. The summed E-state index contributed by atoms with van der Waals surface area (Å²) in [7, 11) is 1.75. The van der Waals surface area contributed by atoms with Crippen LogP contribution in [-0.2, 0) is 17.8 Å². The SMILES string of the molecule is CN(Cc1ccc(C(=O)NC2CC2)cc1)C(=O)CCc1ccc(-c2ccccc2F)o1. The number of hydrogen-bond donors (Lipinski definition) is 1. The Labute approximate surface area is 180 Å². The summed E-state index contributed by atoms with van der Waals surface area (Å²) in [5, 5.41) is 2.96. The minimum Gasteiger partial charge on any atom is -0.461 e. The third kappa shape index (κ3) is 5.40. The van der Waals surface area contributed by atoms with Crippen LogP contribution in [0.5, 0.6) is 0 Å². The van der Waals surface area contributed by atoms with Crippen LogP contribution in [0.4, 0.5) is 4.39 Å². The molecular weight excluding hydrogens is 395 g/mol. The maximum Gasteiger partial charge on any atom is 0.251 e. The Morgan fingerprint density at radius 2 is 1.81 bits per heavy atom. The molecule has 2 aromatic carbocycles. The van der Waals surface area contributed by atoms with Gasteiger partial charge in [0.2, 0.25) is 5.91 Å². The van der Waals surface area contributed by atoms with Crippen LogP contribution >= 0.6 is 0 Å². The van der Waals surface area contributed by atoms with Gasteiger partial charge in [-0.25, -0.2) is 4.39 Å². The van der Waals surface area contributed by atoms with Crippen molar-refractivity contribution in [2.24, 2.45) is 0 Å². The Kier molecular flexibility index (Phi) is 6.16. The van der Waals surface area contributed by atoms with E-state index in [9.17, 15) is 14.0 Å². The van der Waals surface area contributed by atoms with E-state index >= 15 is 0 Å². The Bertz CT molecular complexity index is 1070. The molecule has 1 aromatic heterocycles. The van der Waals surface area contributed by atoms with Crippen LogP contribution in [0, 0.1) is 5.82 Å². The zero-order valence-corrected chi connectivity index (χ0v) is 17.4. The van der Waals surface area contributed by atoms with E-state index in [1.807, 2.05) is 12.1 Å². The van der Waals surface area contributed by atoms with Crippen LogP contribution in [0.25, 0.3) is 11.3 Å². The molecule has 5 nitrogen and oxygen atoms in total. The summed E-state index contributed by atoms with van der Waals surface area (Å²) in [5.41, 5.74) is 2.00. The van der Waals surface area contributed by atoms with Gasteiger partial charge < -0.3 is 14.6 Å². The molecular formula is C25H25FN2O3. The van der Waals surface area contributed by atoms with Gasteiger partial charge in [0.15, 0.2) is 0 Å². The smallest absolute Gasteiger partial charge is 0.251 e. The standard InChI is InChI=1S/C25H25FN2O3/c1-28(16-17-6-8-18(9-7-17)25(30)27-19-10-11-19)24(29)15-13-20-12-14-23(31-20)21-4-2-3-5-22(21)26/h2-9,12,14,19H,10-11,13,15-16H2,1H3,(H,27,30). The van der Waals surface area contributed by atoms with Gasteiger partial charge in [-0.15, -0.1) is 0 Å². The molecule has 0 atom stereocenters. The second-order valence-electron chi connectivity index (χ2n) is 7.94. The number of furan rings is 1. The van der Waals surface area contributed by atoms with Gasteiger partial charge >= 0.3 is 0 Å². The van der Waals surface area contributed by atoms with E-state index in [4.69, 9.17) is 4.42 Å². The van der Waals surface area contributed by atoms with E-state index in [0.29, 0.717) is 48.1 Å². The lowest BCUT2D eigenvalue weighted by molar-refractivity contribution is -0.130. The molecule has 1 heterocycles. The number of carbonyl (C=O) groups is 2. The predicted molar refractivity (Wildman–Crippen MR) is 116 cm³/mol. The average Bonchev–Trinajstić information content (AvgIpc) is 3.46. The van der Waals surface area contributed by atoms with Crippen molar-refractivity contribution in [3.05, 3.63) is 83.4 Å². The molecule has 1 aliphatic rings. The quantitative estimate of drug-likeness (QED) is 0.581. The van der Waals surface area contributed by atoms with Gasteiger partial charge in [-0.3, -0.25) is 9.59 Å². The molecule has 0 spiro atoms. The van der Waals surface area contributed by atoms with E-state index in [1.54, 1.807) is 54.4 Å². The first kappa shape index (κ1) is 20.8. The molecule has 2 amide bonds. The summed E-state index contributed by atoms with van der Waals surface area (Å²) in [6.07, 6.45) is 2.85. The number of benzene rings is 2. The number of carbonyl (C=O) groups excluding carboxylic acids is 2. The number of rotatable bonds is 8. The highest BCUT2D eigenvalue weighted by Gasteiger charge is 2.23. The lowest BCUT2D eigenvalue weighted by atomic mass is 10.1. The van der Waals surface area contributed by atoms with Crippen LogP contribution in [0.2, 0.25) is 0 Å². The Balaban J connectivity index is 1.28. The first-order chi connectivity index (χ1) is 15.0. The fourth-order valence-corrected chi connectivity index (χ4v) is 3.36. The van der Waals surface area contributed by atoms with Crippen molar-refractivity contribution in [2.45, 2.75) is 38.3 Å². The Hall–Kier alpha value is -3.41. The van der Waals surface area contributed by atoms with Crippen molar-refractivity contribution < 1.29 is 18.4 Å². The Morgan fingerprint density at radius 3 is 2.52 bits per heavy atom. The number of nitrogens with zero attached hydrogens (tertiary/aromatic N) is 1. The zero-order chi connectivity index (χ0) is 21.8. The van der Waals surface area contributed by atoms with E-state index in [0.717, 1.165) is 18.4 Å². The van der Waals surface area contributed by atoms with Crippen LogP contribution < -0.4 is 5.32 Å². The molecule has 3 aromatic rings. The van der Waals surface area contributed by atoms with Crippen molar-refractivity contribution in [1.82, 2.24) is 10.2 Å². The monoisotopic (exact) mass is 420 g/mol. The fraction of sp³-hybridized carbons (Fsp3) is 0.280. The van der Waals surface area contributed by atoms with Crippen LogP contribution in [0.1, 0.15) is 40.9 Å². The van der Waals surface area contributed by atoms with Gasteiger partial charge in [0.1, 0.15) is 17.3 Å². The van der Waals surface area contributed by atoms with E-state index in [-0.39, 0.29) is 17.6 Å². The third-order valence-electron chi connectivity index (χ3n) is 5.36. The first-order valence-corrected chi connectivity index (χ1v) is 10.5. The van der Waals surface area contributed by atoms with Crippen molar-refractivity contribution in [2.75, 3.05) is 7.05 Å². The lowest BCUT2D eigenvalue weighted by Crippen LogP contribution is -2.27. The summed E-state index contributed by atoms with van der Waals surface area (Å²) in [4.78, 5) is 26.2. The van der Waals surface area contributed by atoms with Gasteiger partial charge in [0.05, 0.1) is 5.56 Å². The summed E-state index contributed by atoms with van der Waals surface area (Å²) in [6.45, 7) is 0.460. The lowest BCUT2D eigenvalue weighted by Gasteiger charge is -2.17. The number of amides is 2. The van der Waals surface area contributed by atoms with Crippen LogP contribution in [0.15, 0.2) is 65.1 Å². The molecule has 6 heteroatoms. The fourth-order valence-electron chi connectivity index (χ4n) is 3.36. The minimum atomic E-state index is -0.338. The van der Waals surface area contributed by atoms with Gasteiger partial charge in [-0.2, -0.15) is 0 Å². The zero-order valence-electron chi connectivity index (χ0n) is 17.4. The molecule has 0 saturated heterocycles. The number of nitrogens with one attached hydrogen (secondary N) is 1. The highest BCUT2D eigenvalue weighted by molar-refractivity contribution is 5.94. The number of aryl methyl sites for hydroxylation is 1. The van der Waals surface area contributed by atoms with Gasteiger partial charge in [0.25, 0.3) is 5.91 Å². The van der Waals surface area contributed by atoms with Gasteiger partial charge in [0, 0.05) is 38.0 Å². The molecule has 0 unspecified atom stereocenters. The minimum absolute atomic E-state index is 0.0144. The highest BCUT2D eigenvalue weighted by atomic mass is 19.1. The molecule has 0 aliphatic heterocycles. The van der Waals surface area contributed by atoms with Crippen LogP contribution in [-0.4, -0.2) is 29.8 Å². The number of halogens is 1. The predicted octanol–water partition coefficient (Wildman–Crippen LogP) is 4.57. The average molecular weight is 420 g/mol. The third-order valence-corrected chi connectivity index (χ3v) is 5.36. The Morgan fingerprint density at radius 1 is 1.06 bits per heavy atom. The molecule has 1 aliphatic carbocycles. The van der Waals surface area contributed by atoms with Crippen molar-refractivity contribution in [1.29, 1.82) is 0 Å². The molecule has 0 bridgehead atoms. The number of hydrogen-bond acceptors (Lipinski definition) is 3. The second kappa shape index (κ2) is 9.16. The summed E-state index contributed by atoms with van der Waals surface area (Å²) in [6, 6.07) is 17.6. The van der Waals surface area contributed by atoms with Gasteiger partial charge in [-0.1, -0.05) is 24.3 Å². The largest absolute Gasteiger partial charge is 0.461 e. The van der Waals surface area contributed by atoms with E-state index < -0.39 is 0 Å². The molecule has 160 valence electrons. The van der Waals surface area contributed by atoms with Crippen LogP contribution in [0.3, 0.4) is 0 Å². The maximum atomic E-state index is 13.9. The first-order valence-electron chi connectivity index (χ1n) is 10.5. The summed E-state index contributed by atoms with van der Waals surface area (Å²) in [5.74, 6) is 0.701. The molecule has 4 rings (SSSR count). The molecule has 1 saturated carbocycles. The van der Waals surface area contributed by atoms with Crippen molar-refractivity contribution in [3.63, 3.8) is 0 Å². The molecule has 1 fully saturated rings. The van der Waals surface area contributed by atoms with Crippen molar-refractivity contribution in [3.8, 4) is 11.3 Å². The van der Waals surface area contributed by atoms with Gasteiger partial charge in [-0.05, 0) is 54.8 Å². The molecule has 0 radical (unpaired) electrons. The maximum absolute atomic E-state index is 13.9.